The maximum absolute atomic E-state index is 12.6. The lowest BCUT2D eigenvalue weighted by Crippen LogP contribution is -2.50. The molecule has 1 saturated heterocycles. The van der Waals surface area contributed by atoms with E-state index in [1.165, 1.54) is 28.6 Å². The lowest BCUT2D eigenvalue weighted by molar-refractivity contribution is -0.132. The number of hydrogen-bond donors (Lipinski definition) is 1. The fourth-order valence-electron chi connectivity index (χ4n) is 2.48. The Morgan fingerprint density at radius 1 is 1.12 bits per heavy atom. The molecule has 0 aliphatic carbocycles. The average Bonchev–Trinajstić information content (AvgIpc) is 2.59. The zero-order chi connectivity index (χ0) is 17.7. The van der Waals surface area contributed by atoms with E-state index in [4.69, 9.17) is 5.11 Å². The van der Waals surface area contributed by atoms with Crippen molar-refractivity contribution in [3.63, 3.8) is 0 Å². The molecule has 24 heavy (non-hydrogen) atoms. The largest absolute Gasteiger partial charge is 0.478 e. The number of carboxylic acid groups (broad SMARTS) is 1. The second-order valence-corrected chi connectivity index (χ2v) is 7.38. The standard InChI is InChI=1S/C16H20N2O5S/c1-2-3-4-15(19)17-9-11-18(12-10-17)24(22,23)14-7-5-13(6-8-14)16(20)21/h2,5-8H,1,3-4,9-12H2,(H,20,21). The molecule has 1 N–H and O–H groups in total. The van der Waals surface area contributed by atoms with Crippen LogP contribution >= 0.6 is 0 Å². The normalized spacial score (nSPS) is 15.9. The van der Waals surface area contributed by atoms with Crippen LogP contribution in [0.3, 0.4) is 0 Å². The quantitative estimate of drug-likeness (QED) is 0.776. The molecule has 0 aromatic heterocycles. The third-order valence-electron chi connectivity index (χ3n) is 3.89. The summed E-state index contributed by atoms with van der Waals surface area (Å²) in [7, 11) is -3.68. The van der Waals surface area contributed by atoms with Crippen LogP contribution in [-0.2, 0) is 14.8 Å². The lowest BCUT2D eigenvalue weighted by Gasteiger charge is -2.34. The number of allylic oxidation sites excluding steroid dienone is 1. The van der Waals surface area contributed by atoms with Gasteiger partial charge in [0.25, 0.3) is 0 Å². The van der Waals surface area contributed by atoms with E-state index in [2.05, 4.69) is 6.58 Å². The van der Waals surface area contributed by atoms with E-state index >= 15 is 0 Å². The molecule has 0 unspecified atom stereocenters. The molecule has 1 fully saturated rings. The topological polar surface area (TPSA) is 95.0 Å². The highest BCUT2D eigenvalue weighted by molar-refractivity contribution is 7.89. The summed E-state index contributed by atoms with van der Waals surface area (Å²) in [5.41, 5.74) is 0.0339. The van der Waals surface area contributed by atoms with Crippen LogP contribution in [-0.4, -0.2) is 60.8 Å². The average molecular weight is 352 g/mol. The highest BCUT2D eigenvalue weighted by atomic mass is 32.2. The minimum absolute atomic E-state index is 0.00207. The molecule has 1 aliphatic heterocycles. The first-order chi connectivity index (χ1) is 11.4. The van der Waals surface area contributed by atoms with Gasteiger partial charge in [-0.25, -0.2) is 13.2 Å². The number of carbonyl (C=O) groups is 2. The Bertz CT molecular complexity index is 719. The predicted molar refractivity (Wildman–Crippen MR) is 88.2 cm³/mol. The molecule has 1 aromatic carbocycles. The molecule has 1 amide bonds. The van der Waals surface area contributed by atoms with Gasteiger partial charge in [0.05, 0.1) is 10.5 Å². The summed E-state index contributed by atoms with van der Waals surface area (Å²) in [6, 6.07) is 5.12. The summed E-state index contributed by atoms with van der Waals surface area (Å²) in [5, 5.41) is 8.87. The van der Waals surface area contributed by atoms with Crippen LogP contribution in [0.1, 0.15) is 23.2 Å². The molecular weight excluding hydrogens is 332 g/mol. The fourth-order valence-corrected chi connectivity index (χ4v) is 3.90. The zero-order valence-electron chi connectivity index (χ0n) is 13.2. The number of aromatic carboxylic acids is 1. The van der Waals surface area contributed by atoms with E-state index in [9.17, 15) is 18.0 Å². The Balaban J connectivity index is 2.03. The predicted octanol–water partition coefficient (Wildman–Crippen LogP) is 1.18. The maximum atomic E-state index is 12.6. The number of hydrogen-bond acceptors (Lipinski definition) is 4. The SMILES string of the molecule is C=CCCC(=O)N1CCN(S(=O)(=O)c2ccc(C(=O)O)cc2)CC1. The smallest absolute Gasteiger partial charge is 0.335 e. The summed E-state index contributed by atoms with van der Waals surface area (Å²) in [5.74, 6) is -1.11. The van der Waals surface area contributed by atoms with Crippen molar-refractivity contribution in [2.75, 3.05) is 26.2 Å². The zero-order valence-corrected chi connectivity index (χ0v) is 14.0. The van der Waals surface area contributed by atoms with Gasteiger partial charge < -0.3 is 10.0 Å². The molecule has 1 aromatic rings. The lowest BCUT2D eigenvalue weighted by atomic mass is 10.2. The van der Waals surface area contributed by atoms with Gasteiger partial charge in [0, 0.05) is 32.6 Å². The highest BCUT2D eigenvalue weighted by Gasteiger charge is 2.29. The minimum atomic E-state index is -3.68. The summed E-state index contributed by atoms with van der Waals surface area (Å²) in [4.78, 5) is 24.5. The van der Waals surface area contributed by atoms with Crippen LogP contribution in [0.15, 0.2) is 41.8 Å². The van der Waals surface area contributed by atoms with E-state index in [-0.39, 0.29) is 29.5 Å². The van der Waals surface area contributed by atoms with Gasteiger partial charge in [0.15, 0.2) is 0 Å². The Morgan fingerprint density at radius 2 is 1.71 bits per heavy atom. The number of nitrogens with zero attached hydrogens (tertiary/aromatic N) is 2. The van der Waals surface area contributed by atoms with Crippen molar-refractivity contribution >= 4 is 21.9 Å². The van der Waals surface area contributed by atoms with Crippen molar-refractivity contribution in [3.05, 3.63) is 42.5 Å². The Labute approximate surface area is 141 Å². The van der Waals surface area contributed by atoms with E-state index in [0.29, 0.717) is 25.9 Å². The second-order valence-electron chi connectivity index (χ2n) is 5.44. The van der Waals surface area contributed by atoms with E-state index in [0.717, 1.165) is 0 Å². The summed E-state index contributed by atoms with van der Waals surface area (Å²) in [6.45, 7) is 4.73. The van der Waals surface area contributed by atoms with Gasteiger partial charge in [-0.3, -0.25) is 4.79 Å². The molecule has 8 heteroatoms. The molecule has 2 rings (SSSR count). The Kier molecular flexibility index (Phi) is 5.74. The van der Waals surface area contributed by atoms with Crippen LogP contribution in [0.5, 0.6) is 0 Å². The van der Waals surface area contributed by atoms with Crippen molar-refractivity contribution in [2.45, 2.75) is 17.7 Å². The van der Waals surface area contributed by atoms with Crippen molar-refractivity contribution in [2.24, 2.45) is 0 Å². The maximum Gasteiger partial charge on any atom is 0.335 e. The molecule has 0 bridgehead atoms. The van der Waals surface area contributed by atoms with Gasteiger partial charge in [-0.15, -0.1) is 6.58 Å². The number of benzene rings is 1. The first kappa shape index (κ1) is 18.2. The van der Waals surface area contributed by atoms with Crippen LogP contribution in [0.2, 0.25) is 0 Å². The molecule has 0 atom stereocenters. The van der Waals surface area contributed by atoms with Crippen LogP contribution < -0.4 is 0 Å². The number of carboxylic acids is 1. The summed E-state index contributed by atoms with van der Waals surface area (Å²) >= 11 is 0. The van der Waals surface area contributed by atoms with Crippen LogP contribution in [0.4, 0.5) is 0 Å². The number of piperazine rings is 1. The fraction of sp³-hybridized carbons (Fsp3) is 0.375. The molecule has 7 nitrogen and oxygen atoms in total. The van der Waals surface area contributed by atoms with Crippen LogP contribution in [0.25, 0.3) is 0 Å². The molecule has 1 aliphatic rings. The monoisotopic (exact) mass is 352 g/mol. The number of amides is 1. The molecule has 130 valence electrons. The number of carbonyl (C=O) groups excluding carboxylic acids is 1. The van der Waals surface area contributed by atoms with Gasteiger partial charge in [0.2, 0.25) is 15.9 Å². The van der Waals surface area contributed by atoms with Gasteiger partial charge >= 0.3 is 5.97 Å². The number of sulfonamides is 1. The van der Waals surface area contributed by atoms with E-state index in [1.54, 1.807) is 11.0 Å². The van der Waals surface area contributed by atoms with Crippen molar-refractivity contribution < 1.29 is 23.1 Å². The van der Waals surface area contributed by atoms with Gasteiger partial charge in [-0.2, -0.15) is 4.31 Å². The third kappa shape index (κ3) is 4.01. The Morgan fingerprint density at radius 3 is 2.21 bits per heavy atom. The highest BCUT2D eigenvalue weighted by Crippen LogP contribution is 2.18. The molecule has 0 radical (unpaired) electrons. The van der Waals surface area contributed by atoms with Crippen molar-refractivity contribution in [1.82, 2.24) is 9.21 Å². The van der Waals surface area contributed by atoms with Gasteiger partial charge in [-0.1, -0.05) is 6.08 Å². The Hall–Kier alpha value is -2.19. The van der Waals surface area contributed by atoms with E-state index in [1.807, 2.05) is 0 Å². The first-order valence-corrected chi connectivity index (χ1v) is 9.02. The summed E-state index contributed by atoms with van der Waals surface area (Å²) < 4.78 is 26.5. The van der Waals surface area contributed by atoms with Crippen molar-refractivity contribution in [1.29, 1.82) is 0 Å². The third-order valence-corrected chi connectivity index (χ3v) is 5.81. The number of rotatable bonds is 6. The van der Waals surface area contributed by atoms with Gasteiger partial charge in [0.1, 0.15) is 0 Å². The minimum Gasteiger partial charge on any atom is -0.478 e. The summed E-state index contributed by atoms with van der Waals surface area (Å²) in [6.07, 6.45) is 2.67. The van der Waals surface area contributed by atoms with E-state index < -0.39 is 16.0 Å². The second kappa shape index (κ2) is 7.59. The molecule has 0 spiro atoms. The molecular formula is C16H20N2O5S. The first-order valence-electron chi connectivity index (χ1n) is 7.58. The van der Waals surface area contributed by atoms with Crippen LogP contribution in [0, 0.1) is 0 Å². The van der Waals surface area contributed by atoms with Gasteiger partial charge in [-0.05, 0) is 30.7 Å². The molecule has 0 saturated carbocycles. The molecule has 1 heterocycles. The van der Waals surface area contributed by atoms with Crippen molar-refractivity contribution in [3.8, 4) is 0 Å².